The van der Waals surface area contributed by atoms with Gasteiger partial charge in [-0.25, -0.2) is 18.2 Å². The molecule has 0 bridgehead atoms. The number of rotatable bonds is 6. The van der Waals surface area contributed by atoms with Gasteiger partial charge in [-0.1, -0.05) is 11.8 Å². The summed E-state index contributed by atoms with van der Waals surface area (Å²) in [6.07, 6.45) is 0. The molecule has 28 heavy (non-hydrogen) atoms. The van der Waals surface area contributed by atoms with Gasteiger partial charge in [-0.3, -0.25) is 4.72 Å². The van der Waals surface area contributed by atoms with Gasteiger partial charge < -0.3 is 9.84 Å². The van der Waals surface area contributed by atoms with Crippen LogP contribution >= 0.6 is 23.1 Å². The molecule has 146 valence electrons. The molecule has 0 aliphatic heterocycles. The molecular weight excluding hydrogens is 420 g/mol. The monoisotopic (exact) mass is 436 g/mol. The number of carbonyl (C=O) groups excluding carboxylic acids is 1. The fourth-order valence-electron chi connectivity index (χ4n) is 2.24. The number of aryl methyl sites for hydroxylation is 1. The molecular formula is C18H16N2O5S3. The van der Waals surface area contributed by atoms with E-state index in [1.54, 1.807) is 35.6 Å². The Morgan fingerprint density at radius 1 is 1.21 bits per heavy atom. The lowest BCUT2D eigenvalue weighted by Crippen LogP contribution is -2.14. The zero-order valence-electron chi connectivity index (χ0n) is 14.9. The van der Waals surface area contributed by atoms with Gasteiger partial charge in [-0.2, -0.15) is 0 Å². The Hall–Kier alpha value is -2.56. The number of sulfonamides is 1. The third kappa shape index (κ3) is 4.64. The van der Waals surface area contributed by atoms with Crippen molar-refractivity contribution in [1.82, 2.24) is 4.98 Å². The van der Waals surface area contributed by atoms with Crippen molar-refractivity contribution >= 4 is 44.8 Å². The van der Waals surface area contributed by atoms with Crippen molar-refractivity contribution in [2.24, 2.45) is 0 Å². The van der Waals surface area contributed by atoms with Crippen LogP contribution in [-0.4, -0.2) is 31.6 Å². The van der Waals surface area contributed by atoms with Crippen molar-refractivity contribution in [1.29, 1.82) is 0 Å². The van der Waals surface area contributed by atoms with Crippen LogP contribution in [0.1, 0.15) is 16.1 Å². The number of esters is 1. The van der Waals surface area contributed by atoms with E-state index in [0.29, 0.717) is 5.69 Å². The normalized spacial score (nSPS) is 11.2. The van der Waals surface area contributed by atoms with Crippen LogP contribution in [0.4, 0.5) is 5.69 Å². The number of methoxy groups -OCH3 is 1. The van der Waals surface area contributed by atoms with Gasteiger partial charge in [0.05, 0.1) is 12.0 Å². The van der Waals surface area contributed by atoms with E-state index in [4.69, 9.17) is 0 Å². The average Bonchev–Trinajstić information content (AvgIpc) is 3.07. The number of hydrogen-bond acceptors (Lipinski definition) is 8. The van der Waals surface area contributed by atoms with E-state index in [1.165, 1.54) is 17.8 Å². The molecule has 0 spiro atoms. The first kappa shape index (κ1) is 20.2. The summed E-state index contributed by atoms with van der Waals surface area (Å²) in [6, 6.07) is 10.3. The first-order chi connectivity index (χ1) is 13.3. The molecule has 3 rings (SSSR count). The minimum absolute atomic E-state index is 0.164. The summed E-state index contributed by atoms with van der Waals surface area (Å²) in [5.74, 6) is -1.18. The number of ether oxygens (including phenoxy) is 1. The lowest BCUT2D eigenvalue weighted by molar-refractivity contribution is 0.0597. The Kier molecular flexibility index (Phi) is 5.92. The molecule has 0 aliphatic rings. The Bertz CT molecular complexity index is 1110. The van der Waals surface area contributed by atoms with Gasteiger partial charge in [0.15, 0.2) is 4.34 Å². The number of nitrogens with one attached hydrogen (secondary N) is 1. The molecule has 0 atom stereocenters. The van der Waals surface area contributed by atoms with E-state index in [2.05, 4.69) is 14.4 Å². The molecule has 0 amide bonds. The molecule has 1 heterocycles. The summed E-state index contributed by atoms with van der Waals surface area (Å²) in [5, 5.41) is 11.7. The van der Waals surface area contributed by atoms with Crippen LogP contribution in [0.2, 0.25) is 0 Å². The van der Waals surface area contributed by atoms with Crippen LogP contribution in [0.25, 0.3) is 0 Å². The molecule has 2 aromatic carbocycles. The Labute approximate surface area is 170 Å². The Morgan fingerprint density at radius 2 is 1.93 bits per heavy atom. The molecule has 0 aliphatic carbocycles. The minimum Gasteiger partial charge on any atom is -0.507 e. The van der Waals surface area contributed by atoms with Crippen LogP contribution in [0.3, 0.4) is 0 Å². The second kappa shape index (κ2) is 8.21. The second-order valence-corrected chi connectivity index (χ2v) is 9.52. The summed E-state index contributed by atoms with van der Waals surface area (Å²) >= 11 is 3.04. The SMILES string of the molecule is COC(=O)c1cc(S(=O)(=O)Nc2ccc(Sc3nc(C)cs3)cc2)ccc1O. The van der Waals surface area contributed by atoms with Crippen LogP contribution in [0.5, 0.6) is 5.75 Å². The molecule has 0 fully saturated rings. The van der Waals surface area contributed by atoms with Crippen LogP contribution < -0.4 is 4.72 Å². The predicted octanol–water partition coefficient (Wildman–Crippen LogP) is 3.90. The Morgan fingerprint density at radius 3 is 2.54 bits per heavy atom. The maximum absolute atomic E-state index is 12.6. The van der Waals surface area contributed by atoms with Crippen LogP contribution in [-0.2, 0) is 14.8 Å². The van der Waals surface area contributed by atoms with Gasteiger partial charge in [0.1, 0.15) is 11.3 Å². The summed E-state index contributed by atoms with van der Waals surface area (Å²) in [4.78, 5) is 16.8. The van der Waals surface area contributed by atoms with E-state index < -0.39 is 16.0 Å². The highest BCUT2D eigenvalue weighted by Gasteiger charge is 2.20. The molecule has 2 N–H and O–H groups in total. The van der Waals surface area contributed by atoms with E-state index >= 15 is 0 Å². The first-order valence-corrected chi connectivity index (χ1v) is 11.1. The number of benzene rings is 2. The molecule has 0 unspecified atom stereocenters. The average molecular weight is 437 g/mol. The van der Waals surface area contributed by atoms with Gasteiger partial charge in [0.25, 0.3) is 10.0 Å². The fourth-order valence-corrected chi connectivity index (χ4v) is 5.14. The number of aromatic hydroxyl groups is 1. The number of anilines is 1. The second-order valence-electron chi connectivity index (χ2n) is 5.66. The van der Waals surface area contributed by atoms with Crippen LogP contribution in [0, 0.1) is 6.92 Å². The highest BCUT2D eigenvalue weighted by atomic mass is 32.2. The van der Waals surface area contributed by atoms with Gasteiger partial charge in [-0.05, 0) is 49.4 Å². The maximum atomic E-state index is 12.6. The van der Waals surface area contributed by atoms with Crippen molar-refractivity contribution < 1.29 is 23.1 Å². The lowest BCUT2D eigenvalue weighted by atomic mass is 10.2. The third-order valence-electron chi connectivity index (χ3n) is 3.59. The molecule has 10 heteroatoms. The summed E-state index contributed by atoms with van der Waals surface area (Å²) in [6.45, 7) is 1.92. The summed E-state index contributed by atoms with van der Waals surface area (Å²) in [7, 11) is -2.80. The zero-order chi connectivity index (χ0) is 20.3. The lowest BCUT2D eigenvalue weighted by Gasteiger charge is -2.10. The van der Waals surface area contributed by atoms with Crippen molar-refractivity contribution in [3.63, 3.8) is 0 Å². The van der Waals surface area contributed by atoms with E-state index in [-0.39, 0.29) is 16.2 Å². The highest BCUT2D eigenvalue weighted by Crippen LogP contribution is 2.31. The standard InChI is InChI=1S/C18H16N2O5S3/c1-11-10-26-18(19-11)27-13-5-3-12(4-6-13)20-28(23,24)14-7-8-16(21)15(9-14)17(22)25-2/h3-10,20-21H,1-2H3. The van der Waals surface area contributed by atoms with Crippen molar-refractivity contribution in [2.75, 3.05) is 11.8 Å². The van der Waals surface area contributed by atoms with Gasteiger partial charge in [0, 0.05) is 21.7 Å². The van der Waals surface area contributed by atoms with E-state index in [9.17, 15) is 18.3 Å². The summed E-state index contributed by atoms with van der Waals surface area (Å²) in [5.41, 5.74) is 1.10. The first-order valence-electron chi connectivity index (χ1n) is 7.93. The Balaban J connectivity index is 1.78. The molecule has 7 nitrogen and oxygen atoms in total. The largest absolute Gasteiger partial charge is 0.507 e. The molecule has 1 aromatic heterocycles. The number of nitrogens with zero attached hydrogens (tertiary/aromatic N) is 1. The highest BCUT2D eigenvalue weighted by molar-refractivity contribution is 8.01. The third-order valence-corrected chi connectivity index (χ3v) is 7.04. The molecule has 3 aromatic rings. The fraction of sp³-hybridized carbons (Fsp3) is 0.111. The topological polar surface area (TPSA) is 106 Å². The molecule has 0 saturated carbocycles. The van der Waals surface area contributed by atoms with Gasteiger partial charge >= 0.3 is 5.97 Å². The number of thiazole rings is 1. The summed E-state index contributed by atoms with van der Waals surface area (Å²) < 4.78 is 33.1. The van der Waals surface area contributed by atoms with Crippen molar-refractivity contribution in [3.05, 3.63) is 59.1 Å². The predicted molar refractivity (Wildman–Crippen MR) is 108 cm³/mol. The van der Waals surface area contributed by atoms with Crippen molar-refractivity contribution in [3.8, 4) is 5.75 Å². The maximum Gasteiger partial charge on any atom is 0.341 e. The molecule has 0 radical (unpaired) electrons. The smallest absolute Gasteiger partial charge is 0.341 e. The molecule has 0 saturated heterocycles. The number of carbonyl (C=O) groups is 1. The number of hydrogen-bond donors (Lipinski definition) is 2. The van der Waals surface area contributed by atoms with Crippen molar-refractivity contribution in [2.45, 2.75) is 21.1 Å². The van der Waals surface area contributed by atoms with E-state index in [0.717, 1.165) is 34.2 Å². The quantitative estimate of drug-likeness (QED) is 0.565. The number of phenolic OH excluding ortho intramolecular Hbond substituents is 1. The van der Waals surface area contributed by atoms with E-state index in [1.807, 2.05) is 12.3 Å². The number of aromatic nitrogens is 1. The van der Waals surface area contributed by atoms with Crippen LogP contribution in [0.15, 0.2) is 62.0 Å². The van der Waals surface area contributed by atoms with Gasteiger partial charge in [0.2, 0.25) is 0 Å². The van der Waals surface area contributed by atoms with Gasteiger partial charge in [-0.15, -0.1) is 11.3 Å². The number of phenols is 1. The zero-order valence-corrected chi connectivity index (χ0v) is 17.3. The minimum atomic E-state index is -3.95.